The summed E-state index contributed by atoms with van der Waals surface area (Å²) in [5, 5.41) is 17.3. The first-order chi connectivity index (χ1) is 11.6. The Bertz CT molecular complexity index is 351. The van der Waals surface area contributed by atoms with Gasteiger partial charge in [0.05, 0.1) is 12.1 Å². The molecule has 0 unspecified atom stereocenters. The third-order valence-electron chi connectivity index (χ3n) is 4.94. The van der Waals surface area contributed by atoms with Crippen molar-refractivity contribution in [3.8, 4) is 0 Å². The molecule has 1 heterocycles. The van der Waals surface area contributed by atoms with Gasteiger partial charge < -0.3 is 25.4 Å². The number of aliphatic imine (C=N–C) groups is 1. The van der Waals surface area contributed by atoms with Crippen LogP contribution in [0.1, 0.15) is 52.9 Å². The van der Waals surface area contributed by atoms with Crippen molar-refractivity contribution in [3.05, 3.63) is 0 Å². The number of hydrogen-bond acceptors (Lipinski definition) is 4. The van der Waals surface area contributed by atoms with Crippen LogP contribution in [0, 0.1) is 0 Å². The van der Waals surface area contributed by atoms with Gasteiger partial charge in [-0.05, 0) is 39.0 Å². The summed E-state index contributed by atoms with van der Waals surface area (Å²) in [6.07, 6.45) is 4.82. The minimum absolute atomic E-state index is 0.450. The molecule has 6 nitrogen and oxygen atoms in total. The predicted octanol–water partition coefficient (Wildman–Crippen LogP) is 1.59. The van der Waals surface area contributed by atoms with Crippen LogP contribution in [-0.4, -0.2) is 74.0 Å². The van der Waals surface area contributed by atoms with Gasteiger partial charge in [-0.25, -0.2) is 0 Å². The second kappa shape index (κ2) is 11.7. The second-order valence-corrected chi connectivity index (χ2v) is 6.73. The largest absolute Gasteiger partial charge is 0.388 e. The molecule has 0 aromatic carbocycles. The zero-order valence-corrected chi connectivity index (χ0v) is 16.1. The number of piperidine rings is 1. The lowest BCUT2D eigenvalue weighted by molar-refractivity contribution is 0.0417. The van der Waals surface area contributed by atoms with E-state index in [2.05, 4.69) is 27.4 Å². The molecule has 1 fully saturated rings. The van der Waals surface area contributed by atoms with Gasteiger partial charge in [-0.2, -0.15) is 0 Å². The molecule has 24 heavy (non-hydrogen) atoms. The van der Waals surface area contributed by atoms with Crippen molar-refractivity contribution in [2.45, 2.75) is 64.5 Å². The van der Waals surface area contributed by atoms with Gasteiger partial charge >= 0.3 is 0 Å². The van der Waals surface area contributed by atoms with E-state index in [1.165, 1.54) is 0 Å². The Morgan fingerprint density at radius 3 is 2.46 bits per heavy atom. The van der Waals surface area contributed by atoms with Crippen molar-refractivity contribution in [2.75, 3.05) is 46.4 Å². The number of methoxy groups -OCH3 is 1. The maximum Gasteiger partial charge on any atom is 0.191 e. The fraction of sp³-hybridized carbons (Fsp3) is 0.944. The molecular formula is C18H38N4O2. The molecular weight excluding hydrogens is 304 g/mol. The molecule has 0 aromatic rings. The highest BCUT2D eigenvalue weighted by Crippen LogP contribution is 2.15. The van der Waals surface area contributed by atoms with Crippen molar-refractivity contribution in [1.82, 2.24) is 15.5 Å². The molecule has 0 amide bonds. The van der Waals surface area contributed by atoms with E-state index in [1.807, 2.05) is 13.8 Å². The van der Waals surface area contributed by atoms with Crippen LogP contribution in [0.4, 0.5) is 0 Å². The smallest absolute Gasteiger partial charge is 0.191 e. The SMILES string of the molecule is CCNC(=NCC(O)(CC)CC)NC1CCN(CCCOC)CC1. The van der Waals surface area contributed by atoms with Gasteiger partial charge in [0, 0.05) is 45.9 Å². The summed E-state index contributed by atoms with van der Waals surface area (Å²) in [4.78, 5) is 7.12. The summed E-state index contributed by atoms with van der Waals surface area (Å²) < 4.78 is 5.12. The molecule has 1 aliphatic rings. The van der Waals surface area contributed by atoms with Crippen molar-refractivity contribution < 1.29 is 9.84 Å². The Morgan fingerprint density at radius 1 is 1.25 bits per heavy atom. The van der Waals surface area contributed by atoms with Crippen molar-refractivity contribution >= 4 is 5.96 Å². The quantitative estimate of drug-likeness (QED) is 0.320. The zero-order chi connectivity index (χ0) is 17.8. The van der Waals surface area contributed by atoms with Gasteiger partial charge in [0.15, 0.2) is 5.96 Å². The van der Waals surface area contributed by atoms with Gasteiger partial charge in [0.25, 0.3) is 0 Å². The van der Waals surface area contributed by atoms with Crippen LogP contribution in [0.5, 0.6) is 0 Å². The lowest BCUT2D eigenvalue weighted by atomic mass is 9.98. The highest BCUT2D eigenvalue weighted by atomic mass is 16.5. The number of nitrogens with one attached hydrogen (secondary N) is 2. The number of rotatable bonds is 10. The Labute approximate surface area is 148 Å². The first kappa shape index (κ1) is 21.2. The third kappa shape index (κ3) is 7.81. The van der Waals surface area contributed by atoms with E-state index in [-0.39, 0.29) is 0 Å². The first-order valence-electron chi connectivity index (χ1n) is 9.55. The summed E-state index contributed by atoms with van der Waals surface area (Å²) in [6.45, 7) is 11.6. The Balaban J connectivity index is 2.43. The van der Waals surface area contributed by atoms with Crippen LogP contribution in [-0.2, 0) is 4.74 Å². The minimum Gasteiger partial charge on any atom is -0.388 e. The van der Waals surface area contributed by atoms with Gasteiger partial charge in [-0.3, -0.25) is 4.99 Å². The average Bonchev–Trinajstić information content (AvgIpc) is 2.61. The van der Waals surface area contributed by atoms with E-state index in [9.17, 15) is 5.11 Å². The second-order valence-electron chi connectivity index (χ2n) is 6.73. The Hall–Kier alpha value is -0.850. The van der Waals surface area contributed by atoms with E-state index in [0.717, 1.165) is 70.8 Å². The fourth-order valence-electron chi connectivity index (χ4n) is 2.95. The Morgan fingerprint density at radius 2 is 1.92 bits per heavy atom. The molecule has 1 aliphatic heterocycles. The molecule has 0 bridgehead atoms. The van der Waals surface area contributed by atoms with Crippen LogP contribution in [0.15, 0.2) is 4.99 Å². The molecule has 1 saturated heterocycles. The molecule has 142 valence electrons. The molecule has 0 atom stereocenters. The summed E-state index contributed by atoms with van der Waals surface area (Å²) in [6, 6.07) is 0.456. The number of guanidine groups is 1. The monoisotopic (exact) mass is 342 g/mol. The van der Waals surface area contributed by atoms with Crippen molar-refractivity contribution in [2.24, 2.45) is 4.99 Å². The minimum atomic E-state index is -0.687. The van der Waals surface area contributed by atoms with Crippen LogP contribution >= 0.6 is 0 Å². The summed E-state index contributed by atoms with van der Waals surface area (Å²) in [7, 11) is 1.76. The van der Waals surface area contributed by atoms with E-state index in [1.54, 1.807) is 7.11 Å². The number of nitrogens with zero attached hydrogens (tertiary/aromatic N) is 2. The highest BCUT2D eigenvalue weighted by Gasteiger charge is 2.23. The Kier molecular flexibility index (Phi) is 10.3. The molecule has 1 rings (SSSR count). The van der Waals surface area contributed by atoms with Gasteiger partial charge in [-0.15, -0.1) is 0 Å². The third-order valence-corrected chi connectivity index (χ3v) is 4.94. The van der Waals surface area contributed by atoms with E-state index in [0.29, 0.717) is 12.6 Å². The van der Waals surface area contributed by atoms with Crippen molar-refractivity contribution in [1.29, 1.82) is 0 Å². The lowest BCUT2D eigenvalue weighted by Crippen LogP contribution is -2.49. The number of likely N-dealkylation sites (tertiary alicyclic amines) is 1. The van der Waals surface area contributed by atoms with Crippen LogP contribution in [0.25, 0.3) is 0 Å². The summed E-state index contributed by atoms with van der Waals surface area (Å²) in [5.41, 5.74) is -0.687. The van der Waals surface area contributed by atoms with Gasteiger partial charge in [0.2, 0.25) is 0 Å². The van der Waals surface area contributed by atoms with Gasteiger partial charge in [-0.1, -0.05) is 13.8 Å². The fourth-order valence-corrected chi connectivity index (χ4v) is 2.95. The number of aliphatic hydroxyl groups is 1. The van der Waals surface area contributed by atoms with Crippen LogP contribution in [0.2, 0.25) is 0 Å². The van der Waals surface area contributed by atoms with E-state index < -0.39 is 5.60 Å². The maximum atomic E-state index is 10.4. The predicted molar refractivity (Wildman–Crippen MR) is 101 cm³/mol. The molecule has 0 saturated carbocycles. The normalized spacial score (nSPS) is 18.0. The lowest BCUT2D eigenvalue weighted by Gasteiger charge is -2.33. The van der Waals surface area contributed by atoms with E-state index >= 15 is 0 Å². The molecule has 0 spiro atoms. The molecule has 0 radical (unpaired) electrons. The van der Waals surface area contributed by atoms with E-state index in [4.69, 9.17) is 4.74 Å². The average molecular weight is 343 g/mol. The standard InChI is InChI=1S/C18H38N4O2/c1-5-18(23,6-2)15-20-17(19-7-3)21-16-9-12-22(13-10-16)11-8-14-24-4/h16,23H,5-15H2,1-4H3,(H2,19,20,21). The summed E-state index contributed by atoms with van der Waals surface area (Å²) in [5.74, 6) is 0.829. The zero-order valence-electron chi connectivity index (χ0n) is 16.1. The first-order valence-corrected chi connectivity index (χ1v) is 9.55. The summed E-state index contributed by atoms with van der Waals surface area (Å²) >= 11 is 0. The van der Waals surface area contributed by atoms with Crippen LogP contribution in [0.3, 0.4) is 0 Å². The molecule has 3 N–H and O–H groups in total. The highest BCUT2D eigenvalue weighted by molar-refractivity contribution is 5.80. The molecule has 0 aromatic heterocycles. The maximum absolute atomic E-state index is 10.4. The number of hydrogen-bond donors (Lipinski definition) is 3. The van der Waals surface area contributed by atoms with Crippen LogP contribution < -0.4 is 10.6 Å². The molecule has 0 aliphatic carbocycles. The topological polar surface area (TPSA) is 69.1 Å². The molecule has 6 heteroatoms. The number of ether oxygens (including phenoxy) is 1. The van der Waals surface area contributed by atoms with Crippen molar-refractivity contribution in [3.63, 3.8) is 0 Å². The van der Waals surface area contributed by atoms with Gasteiger partial charge in [0.1, 0.15) is 0 Å².